The average molecular weight is 394 g/mol. The van der Waals surface area contributed by atoms with Crippen LogP contribution >= 0.6 is 11.8 Å². The Kier molecular flexibility index (Phi) is 5.47. The molecule has 0 bridgehead atoms. The first-order valence-electron chi connectivity index (χ1n) is 8.06. The Morgan fingerprint density at radius 1 is 1.35 bits per heavy atom. The molecular formula is C17H18N2O5S2. The summed E-state index contributed by atoms with van der Waals surface area (Å²) in [5, 5.41) is 11.3. The van der Waals surface area contributed by atoms with E-state index in [0.29, 0.717) is 10.7 Å². The number of amides is 2. The van der Waals surface area contributed by atoms with Crippen molar-refractivity contribution in [2.75, 3.05) is 11.5 Å². The van der Waals surface area contributed by atoms with Gasteiger partial charge in [-0.15, -0.1) is 11.8 Å². The first-order valence-corrected chi connectivity index (χ1v) is 10.4. The van der Waals surface area contributed by atoms with Crippen LogP contribution in [0.2, 0.25) is 0 Å². The lowest BCUT2D eigenvalue weighted by Crippen LogP contribution is -2.73. The Bertz CT molecular complexity index is 809. The third-order valence-electron chi connectivity index (χ3n) is 4.14. The summed E-state index contributed by atoms with van der Waals surface area (Å²) in [6, 6.07) is 8.11. The smallest absolute Gasteiger partial charge is 0.353 e. The summed E-state index contributed by atoms with van der Waals surface area (Å²) in [7, 11) is -1.46. The molecule has 26 heavy (non-hydrogen) atoms. The molecule has 0 aliphatic carbocycles. The summed E-state index contributed by atoms with van der Waals surface area (Å²) in [4.78, 5) is 37.8. The van der Waals surface area contributed by atoms with Crippen molar-refractivity contribution in [3.8, 4) is 0 Å². The van der Waals surface area contributed by atoms with Crippen LogP contribution in [0.15, 0.2) is 40.9 Å². The van der Waals surface area contributed by atoms with Crippen molar-refractivity contribution in [1.82, 2.24) is 10.2 Å². The summed E-state index contributed by atoms with van der Waals surface area (Å²) >= 11 is 1.28. The van der Waals surface area contributed by atoms with E-state index in [-0.39, 0.29) is 23.8 Å². The molecular weight excluding hydrogens is 376 g/mol. The number of carbonyl (C=O) groups is 3. The predicted molar refractivity (Wildman–Crippen MR) is 98.5 cm³/mol. The van der Waals surface area contributed by atoms with Crippen molar-refractivity contribution >= 4 is 40.3 Å². The van der Waals surface area contributed by atoms with Crippen molar-refractivity contribution in [3.63, 3.8) is 0 Å². The number of carboxylic acids is 1. The van der Waals surface area contributed by atoms with E-state index in [4.69, 9.17) is 0 Å². The Hall–Kier alpha value is -2.13. The van der Waals surface area contributed by atoms with Crippen LogP contribution in [-0.4, -0.2) is 54.9 Å². The fourth-order valence-corrected chi connectivity index (χ4v) is 5.88. The van der Waals surface area contributed by atoms with Gasteiger partial charge in [-0.25, -0.2) is 4.79 Å². The maximum absolute atomic E-state index is 12.5. The van der Waals surface area contributed by atoms with E-state index in [1.807, 2.05) is 25.1 Å². The first kappa shape index (κ1) is 18.7. The van der Waals surface area contributed by atoms with Crippen LogP contribution < -0.4 is 5.32 Å². The second-order valence-corrected chi connectivity index (χ2v) is 8.73. The van der Waals surface area contributed by atoms with Gasteiger partial charge in [-0.05, 0) is 11.3 Å². The highest BCUT2D eigenvalue weighted by molar-refractivity contribution is 8.04. The summed E-state index contributed by atoms with van der Waals surface area (Å²) in [5.41, 5.74) is 0.686. The third-order valence-corrected chi connectivity index (χ3v) is 6.89. The van der Waals surface area contributed by atoms with E-state index in [0.717, 1.165) is 10.5 Å². The van der Waals surface area contributed by atoms with E-state index < -0.39 is 34.1 Å². The lowest BCUT2D eigenvalue weighted by Gasteiger charge is -2.48. The molecule has 1 aromatic carbocycles. The molecule has 0 saturated carbocycles. The molecule has 0 aromatic heterocycles. The zero-order chi connectivity index (χ0) is 18.8. The lowest BCUT2D eigenvalue weighted by atomic mass is 10.0. The molecule has 1 saturated heterocycles. The van der Waals surface area contributed by atoms with Crippen LogP contribution in [0.25, 0.3) is 0 Å². The van der Waals surface area contributed by atoms with Gasteiger partial charge >= 0.3 is 5.97 Å². The third kappa shape index (κ3) is 3.41. The Morgan fingerprint density at radius 2 is 2.04 bits per heavy atom. The summed E-state index contributed by atoms with van der Waals surface area (Å²) in [6.07, 6.45) is 0.0997. The molecule has 7 nitrogen and oxygen atoms in total. The number of carbonyl (C=O) groups excluding carboxylic acids is 2. The van der Waals surface area contributed by atoms with Gasteiger partial charge < -0.3 is 10.4 Å². The Labute approximate surface area is 157 Å². The van der Waals surface area contributed by atoms with Crippen molar-refractivity contribution in [3.05, 3.63) is 46.5 Å². The monoisotopic (exact) mass is 394 g/mol. The fraction of sp³-hybridized carbons (Fsp3) is 0.353. The summed E-state index contributed by atoms with van der Waals surface area (Å²) in [5.74, 6) is -1.41. The molecule has 1 fully saturated rings. The van der Waals surface area contributed by atoms with Gasteiger partial charge in [0.1, 0.15) is 17.1 Å². The zero-order valence-corrected chi connectivity index (χ0v) is 15.6. The van der Waals surface area contributed by atoms with Crippen LogP contribution in [0.5, 0.6) is 0 Å². The van der Waals surface area contributed by atoms with Crippen LogP contribution in [0.1, 0.15) is 12.5 Å². The Balaban J connectivity index is 1.76. The SMILES string of the molecule is CCSC1=C(C(=O)O)N2C(=O)C(NC(=O)Cc3ccccc3)[C@H]2S(=O)C1. The molecule has 3 atom stereocenters. The number of hydrogen-bond acceptors (Lipinski definition) is 5. The number of thioether (sulfide) groups is 1. The highest BCUT2D eigenvalue weighted by Crippen LogP contribution is 2.38. The maximum atomic E-state index is 12.5. The number of nitrogens with zero attached hydrogens (tertiary/aromatic N) is 1. The molecule has 0 spiro atoms. The van der Waals surface area contributed by atoms with Crippen molar-refractivity contribution in [2.24, 2.45) is 0 Å². The molecule has 0 radical (unpaired) electrons. The molecule has 2 amide bonds. The molecule has 2 aliphatic rings. The minimum Gasteiger partial charge on any atom is -0.477 e. The molecule has 9 heteroatoms. The van der Waals surface area contributed by atoms with Crippen LogP contribution in [0, 0.1) is 0 Å². The second-order valence-electron chi connectivity index (χ2n) is 5.84. The van der Waals surface area contributed by atoms with E-state index in [9.17, 15) is 23.7 Å². The van der Waals surface area contributed by atoms with Crippen molar-refractivity contribution in [2.45, 2.75) is 24.8 Å². The number of nitrogens with one attached hydrogen (secondary N) is 1. The highest BCUT2D eigenvalue weighted by atomic mass is 32.2. The van der Waals surface area contributed by atoms with Gasteiger partial charge in [-0.1, -0.05) is 37.3 Å². The number of fused-ring (bicyclic) bond motifs is 1. The normalized spacial score (nSPS) is 24.7. The van der Waals surface area contributed by atoms with Gasteiger partial charge in [0.25, 0.3) is 5.91 Å². The predicted octanol–water partition coefficient (Wildman–Crippen LogP) is 0.694. The summed E-state index contributed by atoms with van der Waals surface area (Å²) < 4.78 is 12.5. The average Bonchev–Trinajstić information content (AvgIpc) is 2.60. The largest absolute Gasteiger partial charge is 0.477 e. The van der Waals surface area contributed by atoms with Gasteiger partial charge in [0, 0.05) is 4.91 Å². The van der Waals surface area contributed by atoms with E-state index in [1.54, 1.807) is 12.1 Å². The highest BCUT2D eigenvalue weighted by Gasteiger charge is 2.57. The second kappa shape index (κ2) is 7.63. The minimum absolute atomic E-state index is 0.0830. The van der Waals surface area contributed by atoms with E-state index in [1.165, 1.54) is 11.8 Å². The minimum atomic E-state index is -1.46. The molecule has 2 heterocycles. The number of benzene rings is 1. The van der Waals surface area contributed by atoms with Gasteiger partial charge in [0.2, 0.25) is 5.91 Å². The molecule has 2 N–H and O–H groups in total. The van der Waals surface area contributed by atoms with Crippen molar-refractivity contribution < 1.29 is 23.7 Å². The molecule has 1 aromatic rings. The van der Waals surface area contributed by atoms with E-state index in [2.05, 4.69) is 5.32 Å². The first-order chi connectivity index (χ1) is 12.4. The fourth-order valence-electron chi connectivity index (χ4n) is 3.03. The maximum Gasteiger partial charge on any atom is 0.353 e. The number of hydrogen-bond donors (Lipinski definition) is 2. The lowest BCUT2D eigenvalue weighted by molar-refractivity contribution is -0.150. The molecule has 138 valence electrons. The van der Waals surface area contributed by atoms with Crippen LogP contribution in [-0.2, 0) is 31.6 Å². The van der Waals surface area contributed by atoms with Crippen LogP contribution in [0.4, 0.5) is 0 Å². The van der Waals surface area contributed by atoms with Crippen LogP contribution in [0.3, 0.4) is 0 Å². The number of β-lactam (4-membered cyclic amide) rings is 1. The number of rotatable bonds is 6. The standard InChI is InChI=1S/C17H18N2O5S2/c1-2-25-11-9-26(24)16-13(15(21)19(16)14(11)17(22)23)18-12(20)8-10-6-4-3-5-7-10/h3-7,13,16H,2,8-9H2,1H3,(H,18,20)(H,22,23)/t13?,16-,26?/m1/s1. The molecule has 2 unspecified atom stereocenters. The van der Waals surface area contributed by atoms with Gasteiger partial charge in [-0.2, -0.15) is 0 Å². The van der Waals surface area contributed by atoms with Gasteiger partial charge in [-0.3, -0.25) is 18.7 Å². The van der Waals surface area contributed by atoms with E-state index >= 15 is 0 Å². The number of aliphatic carboxylic acids is 1. The zero-order valence-electron chi connectivity index (χ0n) is 14.0. The number of carboxylic acid groups (broad SMARTS) is 1. The topological polar surface area (TPSA) is 104 Å². The summed E-state index contributed by atoms with van der Waals surface area (Å²) in [6.45, 7) is 1.86. The van der Waals surface area contributed by atoms with Gasteiger partial charge in [0.05, 0.1) is 23.0 Å². The van der Waals surface area contributed by atoms with Crippen molar-refractivity contribution in [1.29, 1.82) is 0 Å². The quantitative estimate of drug-likeness (QED) is 0.688. The Morgan fingerprint density at radius 3 is 2.65 bits per heavy atom. The molecule has 3 rings (SSSR count). The molecule has 2 aliphatic heterocycles. The van der Waals surface area contributed by atoms with Gasteiger partial charge in [0.15, 0.2) is 0 Å².